The maximum atomic E-state index is 13.8. The molecule has 0 amide bonds. The van der Waals surface area contributed by atoms with E-state index in [0.717, 1.165) is 6.21 Å². The predicted molar refractivity (Wildman–Crippen MR) is 71.4 cm³/mol. The van der Waals surface area contributed by atoms with Crippen LogP contribution in [0.2, 0.25) is 0 Å². The van der Waals surface area contributed by atoms with Crippen molar-refractivity contribution < 1.29 is 13.3 Å². The smallest absolute Gasteiger partial charge is 0.167 e. The fourth-order valence-electron chi connectivity index (χ4n) is 1.23. The number of hydrogen-bond donors (Lipinski definition) is 0. The van der Waals surface area contributed by atoms with E-state index < -0.39 is 28.1 Å². The molecule has 0 aromatic heterocycles. The molecule has 100 valence electrons. The molecule has 18 heavy (non-hydrogen) atoms. The lowest BCUT2D eigenvalue weighted by Gasteiger charge is -2.18. The summed E-state index contributed by atoms with van der Waals surface area (Å²) in [5, 5.41) is 0. The zero-order valence-corrected chi connectivity index (χ0v) is 11.7. The molecule has 0 aliphatic carbocycles. The average molecular weight is 273 g/mol. The minimum absolute atomic E-state index is 0.0790. The second-order valence-electron chi connectivity index (χ2n) is 5.00. The molecule has 0 N–H and O–H groups in total. The van der Waals surface area contributed by atoms with Crippen LogP contribution in [0.3, 0.4) is 0 Å². The lowest BCUT2D eigenvalue weighted by molar-refractivity contribution is 0.427. The molecule has 0 heterocycles. The van der Waals surface area contributed by atoms with E-state index in [-0.39, 0.29) is 5.56 Å². The highest BCUT2D eigenvalue weighted by Crippen LogP contribution is 2.23. The second-order valence-corrected chi connectivity index (χ2v) is 6.93. The zero-order valence-electron chi connectivity index (χ0n) is 10.9. The van der Waals surface area contributed by atoms with Gasteiger partial charge in [0.2, 0.25) is 0 Å². The van der Waals surface area contributed by atoms with Crippen LogP contribution in [0.4, 0.5) is 8.78 Å². The maximum absolute atomic E-state index is 13.8. The fourth-order valence-corrected chi connectivity index (χ4v) is 1.76. The molecule has 0 aliphatic rings. The molecule has 1 aromatic carbocycles. The Morgan fingerprint density at radius 1 is 1.39 bits per heavy atom. The molecular formula is C13H17F2NOS. The first kappa shape index (κ1) is 15.1. The Morgan fingerprint density at radius 3 is 2.56 bits per heavy atom. The van der Waals surface area contributed by atoms with Gasteiger partial charge in [0.15, 0.2) is 6.17 Å². The van der Waals surface area contributed by atoms with Crippen molar-refractivity contribution in [1.29, 1.82) is 0 Å². The lowest BCUT2D eigenvalue weighted by atomic mass is 10.1. The van der Waals surface area contributed by atoms with E-state index in [0.29, 0.717) is 5.56 Å². The van der Waals surface area contributed by atoms with Crippen LogP contribution in [0.25, 0.3) is 0 Å². The Kier molecular flexibility index (Phi) is 4.87. The zero-order chi connectivity index (χ0) is 13.9. The van der Waals surface area contributed by atoms with Gasteiger partial charge in [-0.1, -0.05) is 22.6 Å². The molecule has 2 unspecified atom stereocenters. The standard InChI is InChI=1S/C13H17F2NOS/c1-9-6-5-7-10(12(9)15)11(14)8-16-18(17)13(2,3)4/h5-8,11H,1-4H3/b16-8+. The van der Waals surface area contributed by atoms with Crippen molar-refractivity contribution in [2.24, 2.45) is 4.40 Å². The van der Waals surface area contributed by atoms with Crippen LogP contribution in [0.5, 0.6) is 0 Å². The topological polar surface area (TPSA) is 35.4 Å². The Morgan fingerprint density at radius 2 is 2.00 bits per heavy atom. The van der Waals surface area contributed by atoms with Crippen LogP contribution < -0.4 is 0 Å². The third-order valence-electron chi connectivity index (χ3n) is 2.33. The summed E-state index contributed by atoms with van der Waals surface area (Å²) in [4.78, 5) is 0. The minimum atomic E-state index is -1.68. The van der Waals surface area contributed by atoms with Crippen molar-refractivity contribution in [2.75, 3.05) is 0 Å². The number of nitrogens with zero attached hydrogens (tertiary/aromatic N) is 1. The van der Waals surface area contributed by atoms with Crippen molar-refractivity contribution in [3.63, 3.8) is 0 Å². The maximum Gasteiger partial charge on any atom is 0.167 e. The van der Waals surface area contributed by atoms with E-state index >= 15 is 0 Å². The van der Waals surface area contributed by atoms with Gasteiger partial charge < -0.3 is 4.55 Å². The number of aryl methyl sites for hydroxylation is 1. The van der Waals surface area contributed by atoms with Gasteiger partial charge >= 0.3 is 0 Å². The van der Waals surface area contributed by atoms with Gasteiger partial charge in [0.25, 0.3) is 0 Å². The number of halogens is 2. The normalized spacial score (nSPS) is 15.9. The molecule has 0 saturated heterocycles. The Labute approximate surface area is 109 Å². The minimum Gasteiger partial charge on any atom is -0.591 e. The van der Waals surface area contributed by atoms with Gasteiger partial charge in [-0.15, -0.1) is 0 Å². The Balaban J connectivity index is 2.86. The molecule has 5 heteroatoms. The SMILES string of the molecule is Cc1cccc(C(F)/C=N/[S+]([O-])C(C)(C)C)c1F. The van der Waals surface area contributed by atoms with Crippen LogP contribution in [-0.4, -0.2) is 15.5 Å². The molecule has 0 aliphatic heterocycles. The molecule has 2 atom stereocenters. The number of benzene rings is 1. The molecule has 0 fully saturated rings. The van der Waals surface area contributed by atoms with Crippen molar-refractivity contribution in [2.45, 2.75) is 38.6 Å². The van der Waals surface area contributed by atoms with Crippen molar-refractivity contribution in [3.05, 3.63) is 35.1 Å². The first-order valence-corrected chi connectivity index (χ1v) is 6.69. The average Bonchev–Trinajstić information content (AvgIpc) is 2.27. The van der Waals surface area contributed by atoms with Gasteiger partial charge in [0.1, 0.15) is 21.9 Å². The summed E-state index contributed by atoms with van der Waals surface area (Å²) in [6.45, 7) is 6.78. The second kappa shape index (κ2) is 5.80. The summed E-state index contributed by atoms with van der Waals surface area (Å²) in [6, 6.07) is 4.50. The number of rotatable bonds is 3. The van der Waals surface area contributed by atoms with E-state index in [2.05, 4.69) is 4.40 Å². The molecule has 2 nitrogen and oxygen atoms in total. The Hall–Kier alpha value is -0.940. The van der Waals surface area contributed by atoms with E-state index in [4.69, 9.17) is 0 Å². The van der Waals surface area contributed by atoms with Crippen molar-refractivity contribution in [3.8, 4) is 0 Å². The van der Waals surface area contributed by atoms with E-state index in [1.807, 2.05) is 0 Å². The largest absolute Gasteiger partial charge is 0.591 e. The van der Waals surface area contributed by atoms with Crippen molar-refractivity contribution >= 4 is 17.6 Å². The monoisotopic (exact) mass is 273 g/mol. The number of hydrogen-bond acceptors (Lipinski definition) is 2. The van der Waals surface area contributed by atoms with Crippen LogP contribution in [0, 0.1) is 12.7 Å². The summed E-state index contributed by atoms with van der Waals surface area (Å²) in [5.41, 5.74) is 0.296. The third-order valence-corrected chi connectivity index (χ3v) is 3.69. The summed E-state index contributed by atoms with van der Waals surface area (Å²) < 4.78 is 42.1. The van der Waals surface area contributed by atoms with E-state index in [9.17, 15) is 13.3 Å². The quantitative estimate of drug-likeness (QED) is 0.611. The first-order valence-electron chi connectivity index (χ1n) is 5.58. The summed E-state index contributed by atoms with van der Waals surface area (Å²) in [7, 11) is 0. The first-order chi connectivity index (χ1) is 8.23. The van der Waals surface area contributed by atoms with E-state index in [1.54, 1.807) is 39.8 Å². The molecular weight excluding hydrogens is 256 g/mol. The van der Waals surface area contributed by atoms with Crippen molar-refractivity contribution in [1.82, 2.24) is 0 Å². The van der Waals surface area contributed by atoms with Crippen LogP contribution in [0.15, 0.2) is 22.6 Å². The van der Waals surface area contributed by atoms with E-state index in [1.165, 1.54) is 6.07 Å². The number of alkyl halides is 1. The van der Waals surface area contributed by atoms with Gasteiger partial charge in [0.05, 0.1) is 6.21 Å². The highest BCUT2D eigenvalue weighted by Gasteiger charge is 2.26. The third kappa shape index (κ3) is 3.78. The predicted octanol–water partition coefficient (Wildman–Crippen LogP) is 3.68. The molecule has 0 saturated carbocycles. The summed E-state index contributed by atoms with van der Waals surface area (Å²) in [5.74, 6) is -0.585. The van der Waals surface area contributed by atoms with Gasteiger partial charge in [-0.2, -0.15) is 0 Å². The van der Waals surface area contributed by atoms with Gasteiger partial charge in [-0.25, -0.2) is 8.78 Å². The highest BCUT2D eigenvalue weighted by atomic mass is 32.2. The van der Waals surface area contributed by atoms with Gasteiger partial charge in [0, 0.05) is 5.56 Å². The highest BCUT2D eigenvalue weighted by molar-refractivity contribution is 7.91. The molecule has 1 aromatic rings. The Bertz CT molecular complexity index is 443. The van der Waals surface area contributed by atoms with Gasteiger partial charge in [-0.05, 0) is 33.3 Å². The molecule has 0 bridgehead atoms. The molecule has 0 radical (unpaired) electrons. The fraction of sp³-hybridized carbons (Fsp3) is 0.462. The lowest BCUT2D eigenvalue weighted by Crippen LogP contribution is -2.26. The molecule has 0 spiro atoms. The molecule has 1 rings (SSSR count). The van der Waals surface area contributed by atoms with Crippen LogP contribution in [-0.2, 0) is 11.4 Å². The van der Waals surface area contributed by atoms with Crippen LogP contribution >= 0.6 is 0 Å². The summed E-state index contributed by atoms with van der Waals surface area (Å²) >= 11 is -1.54. The summed E-state index contributed by atoms with van der Waals surface area (Å²) in [6.07, 6.45) is -0.782. The van der Waals surface area contributed by atoms with Crippen LogP contribution in [0.1, 0.15) is 38.1 Å². The van der Waals surface area contributed by atoms with Gasteiger partial charge in [-0.3, -0.25) is 0 Å².